The molecule has 186 valence electrons. The third-order valence-electron chi connectivity index (χ3n) is 5.92. The molecular formula is C28H26F3N3O2. The van der Waals surface area contributed by atoms with E-state index in [1.54, 1.807) is 60.7 Å². The molecule has 2 atom stereocenters. The minimum Gasteiger partial charge on any atom is -0.380 e. The summed E-state index contributed by atoms with van der Waals surface area (Å²) in [5.41, 5.74) is 2.47. The van der Waals surface area contributed by atoms with E-state index < -0.39 is 17.8 Å². The Morgan fingerprint density at radius 3 is 2.22 bits per heavy atom. The maximum atomic E-state index is 12.9. The van der Waals surface area contributed by atoms with Crippen LogP contribution in [0.5, 0.6) is 0 Å². The highest BCUT2D eigenvalue weighted by Gasteiger charge is 2.32. The van der Waals surface area contributed by atoms with Crippen molar-refractivity contribution in [2.75, 3.05) is 5.32 Å². The zero-order valence-electron chi connectivity index (χ0n) is 19.6. The number of carbonyl (C=O) groups excluding carboxylic acids is 1. The van der Waals surface area contributed by atoms with Crippen molar-refractivity contribution < 1.29 is 23.1 Å². The van der Waals surface area contributed by atoms with Gasteiger partial charge in [-0.1, -0.05) is 67.9 Å². The van der Waals surface area contributed by atoms with Gasteiger partial charge < -0.3 is 10.4 Å². The number of nitrogens with one attached hydrogen (secondary N) is 1. The molecule has 4 rings (SSSR count). The molecule has 1 aromatic heterocycles. The van der Waals surface area contributed by atoms with Crippen molar-refractivity contribution in [3.63, 3.8) is 0 Å². The van der Waals surface area contributed by atoms with Crippen LogP contribution in [-0.2, 0) is 6.18 Å². The van der Waals surface area contributed by atoms with E-state index in [0.29, 0.717) is 16.8 Å². The molecule has 0 spiro atoms. The molecule has 0 fully saturated rings. The van der Waals surface area contributed by atoms with Crippen molar-refractivity contribution in [3.05, 3.63) is 114 Å². The molecule has 0 aliphatic carbocycles. The minimum absolute atomic E-state index is 0.0365. The maximum absolute atomic E-state index is 12.9. The van der Waals surface area contributed by atoms with Gasteiger partial charge in [0.15, 0.2) is 5.78 Å². The lowest BCUT2D eigenvalue weighted by molar-refractivity contribution is -0.137. The fourth-order valence-corrected chi connectivity index (χ4v) is 3.96. The molecule has 1 heterocycles. The van der Waals surface area contributed by atoms with Crippen LogP contribution in [0.3, 0.4) is 0 Å². The highest BCUT2D eigenvalue weighted by Crippen LogP contribution is 2.30. The number of carbonyl (C=O) groups is 1. The molecule has 2 N–H and O–H groups in total. The largest absolute Gasteiger partial charge is 0.419 e. The summed E-state index contributed by atoms with van der Waals surface area (Å²) >= 11 is 0. The van der Waals surface area contributed by atoms with E-state index in [-0.39, 0.29) is 11.8 Å². The third kappa shape index (κ3) is 5.83. The number of nitrogens with zero attached hydrogens (tertiary/aromatic N) is 2. The van der Waals surface area contributed by atoms with Gasteiger partial charge in [0.05, 0.1) is 23.5 Å². The molecule has 0 saturated heterocycles. The van der Waals surface area contributed by atoms with Crippen LogP contribution in [0.2, 0.25) is 0 Å². The number of benzene rings is 3. The average Bonchev–Trinajstić information content (AvgIpc) is 3.40. The topological polar surface area (TPSA) is 67.2 Å². The molecular weight excluding hydrogens is 467 g/mol. The van der Waals surface area contributed by atoms with Gasteiger partial charge in [0.1, 0.15) is 6.10 Å². The van der Waals surface area contributed by atoms with Crippen LogP contribution in [-0.4, -0.2) is 20.7 Å². The van der Waals surface area contributed by atoms with Crippen LogP contribution in [0, 0.1) is 0 Å². The van der Waals surface area contributed by atoms with Crippen LogP contribution in [0.25, 0.3) is 5.69 Å². The Balaban J connectivity index is 1.46. The maximum Gasteiger partial charge on any atom is 0.419 e. The van der Waals surface area contributed by atoms with Gasteiger partial charge in [-0.2, -0.15) is 18.3 Å². The molecule has 0 amide bonds. The van der Waals surface area contributed by atoms with E-state index in [9.17, 15) is 23.1 Å². The number of aromatic nitrogens is 2. The predicted octanol–water partition coefficient (Wildman–Crippen LogP) is 6.76. The van der Waals surface area contributed by atoms with Gasteiger partial charge in [0.2, 0.25) is 0 Å². The van der Waals surface area contributed by atoms with Gasteiger partial charge in [0, 0.05) is 17.4 Å². The Kier molecular flexibility index (Phi) is 7.55. The first-order valence-corrected chi connectivity index (χ1v) is 11.6. The van der Waals surface area contributed by atoms with E-state index in [1.165, 1.54) is 4.68 Å². The van der Waals surface area contributed by atoms with Gasteiger partial charge in [-0.15, -0.1) is 0 Å². The molecule has 0 bridgehead atoms. The molecule has 5 nitrogen and oxygen atoms in total. The molecule has 0 radical (unpaired) electrons. The zero-order valence-corrected chi connectivity index (χ0v) is 19.6. The second-order valence-corrected chi connectivity index (χ2v) is 8.50. The second kappa shape index (κ2) is 10.8. The first kappa shape index (κ1) is 25.2. The number of aliphatic hydroxyl groups is 1. The van der Waals surface area contributed by atoms with Crippen molar-refractivity contribution in [2.24, 2.45) is 0 Å². The van der Waals surface area contributed by atoms with E-state index in [4.69, 9.17) is 0 Å². The summed E-state index contributed by atoms with van der Waals surface area (Å²) in [5.74, 6) is -0.365. The fraction of sp³-hybridized carbons (Fsp3) is 0.214. The van der Waals surface area contributed by atoms with Crippen LogP contribution >= 0.6 is 0 Å². The molecule has 4 aromatic rings. The second-order valence-electron chi connectivity index (χ2n) is 8.50. The summed E-state index contributed by atoms with van der Waals surface area (Å²) in [6.45, 7) is 2.07. The summed E-state index contributed by atoms with van der Waals surface area (Å²) in [6.07, 6.45) is -2.15. The van der Waals surface area contributed by atoms with E-state index in [0.717, 1.165) is 36.5 Å². The fourth-order valence-electron chi connectivity index (χ4n) is 3.96. The highest BCUT2D eigenvalue weighted by atomic mass is 19.4. The summed E-state index contributed by atoms with van der Waals surface area (Å²) < 4.78 is 39.7. The van der Waals surface area contributed by atoms with Crippen molar-refractivity contribution >= 4 is 11.5 Å². The van der Waals surface area contributed by atoms with Crippen molar-refractivity contribution in [1.29, 1.82) is 0 Å². The van der Waals surface area contributed by atoms with Crippen molar-refractivity contribution in [2.45, 2.75) is 38.1 Å². The van der Waals surface area contributed by atoms with Crippen LogP contribution in [0.1, 0.15) is 59.0 Å². The summed E-state index contributed by atoms with van der Waals surface area (Å²) in [7, 11) is 0. The Morgan fingerprint density at radius 1 is 0.972 bits per heavy atom. The highest BCUT2D eigenvalue weighted by molar-refractivity contribution is 5.99. The number of alkyl halides is 3. The predicted molar refractivity (Wildman–Crippen MR) is 132 cm³/mol. The van der Waals surface area contributed by atoms with Gasteiger partial charge in [-0.05, 0) is 41.8 Å². The summed E-state index contributed by atoms with van der Waals surface area (Å²) in [6, 6.07) is 22.9. The minimum atomic E-state index is -4.44. The van der Waals surface area contributed by atoms with Gasteiger partial charge in [-0.25, -0.2) is 4.68 Å². The standard InChI is InChI=1S/C28H26F3N3O2/c1-2-6-25(19-9-11-21(12-10-19)27(36)26(35)20-7-4-3-5-8-20)33-23-13-15-24(16-14-23)34-18-22(17-32-34)28(29,30)31/h3-5,7-18,25-26,33,35H,2,6H2,1H3. The number of aliphatic hydroxyl groups excluding tert-OH is 1. The van der Waals surface area contributed by atoms with Gasteiger partial charge in [-0.3, -0.25) is 4.79 Å². The number of Topliss-reactive ketones (excluding diaryl/α,β-unsaturated/α-hetero) is 1. The molecule has 2 unspecified atom stereocenters. The number of hydrogen-bond acceptors (Lipinski definition) is 4. The normalized spacial score (nSPS) is 13.2. The Hall–Kier alpha value is -3.91. The summed E-state index contributed by atoms with van der Waals surface area (Å²) in [5, 5.41) is 17.7. The monoisotopic (exact) mass is 493 g/mol. The Morgan fingerprint density at radius 2 is 1.64 bits per heavy atom. The average molecular weight is 494 g/mol. The van der Waals surface area contributed by atoms with E-state index in [2.05, 4.69) is 17.3 Å². The zero-order chi connectivity index (χ0) is 25.7. The smallest absolute Gasteiger partial charge is 0.380 e. The first-order valence-electron chi connectivity index (χ1n) is 11.6. The Labute approximate surface area is 207 Å². The number of halogens is 3. The number of hydrogen-bond donors (Lipinski definition) is 2. The first-order chi connectivity index (χ1) is 17.3. The van der Waals surface area contributed by atoms with Crippen molar-refractivity contribution in [1.82, 2.24) is 9.78 Å². The lowest BCUT2D eigenvalue weighted by atomic mass is 9.96. The van der Waals surface area contributed by atoms with E-state index in [1.807, 2.05) is 18.2 Å². The van der Waals surface area contributed by atoms with Crippen LogP contribution in [0.4, 0.5) is 18.9 Å². The molecule has 8 heteroatoms. The van der Waals surface area contributed by atoms with Gasteiger partial charge in [0.25, 0.3) is 0 Å². The SMILES string of the molecule is CCCC(Nc1ccc(-n2cc(C(F)(F)F)cn2)cc1)c1ccc(C(=O)C(O)c2ccccc2)cc1. The Bertz CT molecular complexity index is 1280. The van der Waals surface area contributed by atoms with Crippen LogP contribution in [0.15, 0.2) is 91.3 Å². The molecule has 0 aliphatic rings. The lowest BCUT2D eigenvalue weighted by Crippen LogP contribution is -2.14. The van der Waals surface area contributed by atoms with Gasteiger partial charge >= 0.3 is 6.18 Å². The third-order valence-corrected chi connectivity index (χ3v) is 5.92. The van der Waals surface area contributed by atoms with Crippen LogP contribution < -0.4 is 5.32 Å². The van der Waals surface area contributed by atoms with Crippen molar-refractivity contribution in [3.8, 4) is 5.69 Å². The summed E-state index contributed by atoms with van der Waals surface area (Å²) in [4.78, 5) is 12.7. The molecule has 3 aromatic carbocycles. The molecule has 0 saturated carbocycles. The molecule has 36 heavy (non-hydrogen) atoms. The van der Waals surface area contributed by atoms with E-state index >= 15 is 0 Å². The number of rotatable bonds is 9. The lowest BCUT2D eigenvalue weighted by Gasteiger charge is -2.21. The molecule has 0 aliphatic heterocycles. The number of anilines is 1. The quantitative estimate of drug-likeness (QED) is 0.253. The number of ketones is 1.